The average molecular weight is 321 g/mol. The molecule has 2 aromatic heterocycles. The first-order valence-electron chi connectivity index (χ1n) is 8.05. The molecule has 1 saturated heterocycles. The van der Waals surface area contributed by atoms with Gasteiger partial charge in [-0.05, 0) is 19.4 Å². The number of nitrogens with zero attached hydrogens (tertiary/aromatic N) is 5. The van der Waals surface area contributed by atoms with E-state index in [9.17, 15) is 0 Å². The maximum absolute atomic E-state index is 5.45. The quantitative estimate of drug-likeness (QED) is 0.766. The van der Waals surface area contributed by atoms with E-state index in [2.05, 4.69) is 39.0 Å². The van der Waals surface area contributed by atoms with E-state index >= 15 is 0 Å². The molecule has 1 fully saturated rings. The molecule has 0 spiro atoms. The molecule has 8 nitrogen and oxygen atoms in total. The van der Waals surface area contributed by atoms with E-state index < -0.39 is 0 Å². The zero-order valence-electron chi connectivity index (χ0n) is 13.9. The molecule has 126 valence electrons. The highest BCUT2D eigenvalue weighted by Crippen LogP contribution is 2.32. The summed E-state index contributed by atoms with van der Waals surface area (Å²) < 4.78 is 15.8. The summed E-state index contributed by atoms with van der Waals surface area (Å²) in [6.45, 7) is 6.26. The van der Waals surface area contributed by atoms with Gasteiger partial charge in [0.05, 0.1) is 19.2 Å². The molecule has 3 heterocycles. The Hall–Kier alpha value is -1.80. The normalized spacial score (nSPS) is 19.0. The lowest BCUT2D eigenvalue weighted by Crippen LogP contribution is -2.23. The van der Waals surface area contributed by atoms with Crippen molar-refractivity contribution in [3.63, 3.8) is 0 Å². The third kappa shape index (κ3) is 3.76. The summed E-state index contributed by atoms with van der Waals surface area (Å²) in [5.41, 5.74) is 0. The number of methoxy groups -OCH3 is 1. The monoisotopic (exact) mass is 321 g/mol. The molecular formula is C15H23N5O3. The summed E-state index contributed by atoms with van der Waals surface area (Å²) in [6.07, 6.45) is 2.75. The molecular weight excluding hydrogens is 298 g/mol. The summed E-state index contributed by atoms with van der Waals surface area (Å²) in [7, 11) is 1.66. The van der Waals surface area contributed by atoms with Crippen LogP contribution in [-0.4, -0.2) is 45.4 Å². The van der Waals surface area contributed by atoms with E-state index in [0.29, 0.717) is 37.2 Å². The lowest BCUT2D eigenvalue weighted by Gasteiger charge is -2.18. The fourth-order valence-electron chi connectivity index (χ4n) is 2.74. The number of hydrogen-bond acceptors (Lipinski definition) is 8. The van der Waals surface area contributed by atoms with Crippen molar-refractivity contribution in [3.8, 4) is 0 Å². The van der Waals surface area contributed by atoms with Crippen molar-refractivity contribution in [1.82, 2.24) is 25.2 Å². The van der Waals surface area contributed by atoms with Crippen LogP contribution in [-0.2, 0) is 17.7 Å². The first kappa shape index (κ1) is 16.1. The molecule has 0 aromatic carbocycles. The van der Waals surface area contributed by atoms with Crippen LogP contribution in [0.4, 0.5) is 0 Å². The SMILES string of the molecule is COCCc1noc(CN2CCC[C@H]2c2nc(C(C)C)no2)n1. The van der Waals surface area contributed by atoms with E-state index in [1.807, 2.05) is 0 Å². The van der Waals surface area contributed by atoms with Crippen molar-refractivity contribution in [2.24, 2.45) is 0 Å². The molecule has 0 aliphatic carbocycles. The van der Waals surface area contributed by atoms with Crippen molar-refractivity contribution in [3.05, 3.63) is 23.4 Å². The molecule has 0 amide bonds. The van der Waals surface area contributed by atoms with Crippen LogP contribution in [0.15, 0.2) is 9.05 Å². The molecule has 0 unspecified atom stereocenters. The van der Waals surface area contributed by atoms with Crippen molar-refractivity contribution >= 4 is 0 Å². The fourth-order valence-corrected chi connectivity index (χ4v) is 2.74. The Balaban J connectivity index is 1.65. The summed E-state index contributed by atoms with van der Waals surface area (Å²) in [5.74, 6) is 3.00. The van der Waals surface area contributed by atoms with Crippen molar-refractivity contribution in [1.29, 1.82) is 0 Å². The average Bonchev–Trinajstić information content (AvgIpc) is 3.25. The second kappa shape index (κ2) is 7.18. The smallest absolute Gasteiger partial charge is 0.244 e. The molecule has 1 atom stereocenters. The third-order valence-electron chi connectivity index (χ3n) is 4.00. The van der Waals surface area contributed by atoms with Crippen LogP contribution < -0.4 is 0 Å². The molecule has 23 heavy (non-hydrogen) atoms. The topological polar surface area (TPSA) is 90.3 Å². The van der Waals surface area contributed by atoms with Crippen LogP contribution >= 0.6 is 0 Å². The Morgan fingerprint density at radius 2 is 2.13 bits per heavy atom. The Labute approximate surface area is 135 Å². The predicted octanol–water partition coefficient (Wildman–Crippen LogP) is 2.10. The number of aromatic nitrogens is 4. The van der Waals surface area contributed by atoms with Gasteiger partial charge in [-0.3, -0.25) is 4.90 Å². The predicted molar refractivity (Wildman–Crippen MR) is 80.7 cm³/mol. The van der Waals surface area contributed by atoms with Gasteiger partial charge in [-0.2, -0.15) is 9.97 Å². The minimum Gasteiger partial charge on any atom is -0.384 e. The molecule has 1 aliphatic heterocycles. The van der Waals surface area contributed by atoms with Gasteiger partial charge in [0.25, 0.3) is 0 Å². The van der Waals surface area contributed by atoms with Gasteiger partial charge in [0.2, 0.25) is 11.8 Å². The van der Waals surface area contributed by atoms with Gasteiger partial charge in [-0.25, -0.2) is 0 Å². The first-order chi connectivity index (χ1) is 11.2. The van der Waals surface area contributed by atoms with Crippen molar-refractivity contribution in [2.45, 2.75) is 51.6 Å². The van der Waals surface area contributed by atoms with Crippen LogP contribution in [0.25, 0.3) is 0 Å². The molecule has 1 aliphatic rings. The van der Waals surface area contributed by atoms with Crippen LogP contribution in [0.1, 0.15) is 62.1 Å². The van der Waals surface area contributed by atoms with E-state index in [4.69, 9.17) is 13.8 Å². The van der Waals surface area contributed by atoms with Crippen molar-refractivity contribution in [2.75, 3.05) is 20.3 Å². The zero-order chi connectivity index (χ0) is 16.2. The second-order valence-electron chi connectivity index (χ2n) is 6.12. The van der Waals surface area contributed by atoms with Crippen LogP contribution in [0.3, 0.4) is 0 Å². The molecule has 3 rings (SSSR count). The Morgan fingerprint density at radius 3 is 2.87 bits per heavy atom. The van der Waals surface area contributed by atoms with Gasteiger partial charge in [0.1, 0.15) is 0 Å². The maximum atomic E-state index is 5.45. The minimum absolute atomic E-state index is 0.129. The van der Waals surface area contributed by atoms with Gasteiger partial charge >= 0.3 is 0 Å². The molecule has 0 N–H and O–H groups in total. The number of ether oxygens (including phenoxy) is 1. The van der Waals surface area contributed by atoms with Gasteiger partial charge < -0.3 is 13.8 Å². The summed E-state index contributed by atoms with van der Waals surface area (Å²) >= 11 is 0. The molecule has 2 aromatic rings. The third-order valence-corrected chi connectivity index (χ3v) is 4.00. The highest BCUT2D eigenvalue weighted by Gasteiger charge is 2.32. The van der Waals surface area contributed by atoms with E-state index in [-0.39, 0.29) is 12.0 Å². The Kier molecular flexibility index (Phi) is 5.02. The standard InChI is InChI=1S/C15H23N5O3/c1-10(2)14-17-15(23-19-14)11-5-4-7-20(11)9-13-16-12(18-22-13)6-8-21-3/h10-11H,4-9H2,1-3H3/t11-/m0/s1. The van der Waals surface area contributed by atoms with Gasteiger partial charge in [0.15, 0.2) is 11.6 Å². The van der Waals surface area contributed by atoms with Gasteiger partial charge in [0, 0.05) is 19.4 Å². The highest BCUT2D eigenvalue weighted by molar-refractivity contribution is 5.00. The van der Waals surface area contributed by atoms with Gasteiger partial charge in [-0.1, -0.05) is 24.2 Å². The fraction of sp³-hybridized carbons (Fsp3) is 0.733. The van der Waals surface area contributed by atoms with Crippen molar-refractivity contribution < 1.29 is 13.8 Å². The summed E-state index contributed by atoms with van der Waals surface area (Å²) in [5, 5.41) is 8.04. The minimum atomic E-state index is 0.129. The molecule has 0 radical (unpaired) electrons. The summed E-state index contributed by atoms with van der Waals surface area (Å²) in [6, 6.07) is 0.129. The lowest BCUT2D eigenvalue weighted by atomic mass is 10.2. The molecule has 8 heteroatoms. The van der Waals surface area contributed by atoms with Crippen LogP contribution in [0.5, 0.6) is 0 Å². The van der Waals surface area contributed by atoms with E-state index in [1.165, 1.54) is 0 Å². The molecule has 0 bridgehead atoms. The van der Waals surface area contributed by atoms with E-state index in [1.54, 1.807) is 7.11 Å². The Bertz CT molecular complexity index is 624. The number of hydrogen-bond donors (Lipinski definition) is 0. The highest BCUT2D eigenvalue weighted by atomic mass is 16.5. The van der Waals surface area contributed by atoms with E-state index in [0.717, 1.165) is 25.2 Å². The number of rotatable bonds is 7. The Morgan fingerprint density at radius 1 is 1.26 bits per heavy atom. The van der Waals surface area contributed by atoms with Gasteiger partial charge in [-0.15, -0.1) is 0 Å². The summed E-state index contributed by atoms with van der Waals surface area (Å²) in [4.78, 5) is 11.2. The lowest BCUT2D eigenvalue weighted by molar-refractivity contribution is 0.178. The zero-order valence-corrected chi connectivity index (χ0v) is 13.9. The van der Waals surface area contributed by atoms with Crippen LogP contribution in [0.2, 0.25) is 0 Å². The molecule has 0 saturated carbocycles. The first-order valence-corrected chi connectivity index (χ1v) is 8.05. The second-order valence-corrected chi connectivity index (χ2v) is 6.12. The number of likely N-dealkylation sites (tertiary alicyclic amines) is 1. The van der Waals surface area contributed by atoms with Crippen LogP contribution in [0, 0.1) is 0 Å². The maximum Gasteiger partial charge on any atom is 0.244 e. The largest absolute Gasteiger partial charge is 0.384 e.